The van der Waals surface area contributed by atoms with Gasteiger partial charge in [-0.3, -0.25) is 4.90 Å². The van der Waals surface area contributed by atoms with Crippen LogP contribution in [0.25, 0.3) is 22.2 Å². The Morgan fingerprint density at radius 3 is 2.43 bits per heavy atom. The molecule has 4 aromatic rings. The van der Waals surface area contributed by atoms with Crippen LogP contribution in [0.5, 0.6) is 5.75 Å². The lowest BCUT2D eigenvalue weighted by Gasteiger charge is -2.33. The lowest BCUT2D eigenvalue weighted by atomic mass is 9.97. The number of carbonyl (C=O) groups is 3. The molecule has 0 spiro atoms. The van der Waals surface area contributed by atoms with Crippen molar-refractivity contribution in [3.05, 3.63) is 59.5 Å². The number of hydrogen-bond acceptors (Lipinski definition) is 9. The average Bonchev–Trinajstić information content (AvgIpc) is 3.67. The summed E-state index contributed by atoms with van der Waals surface area (Å²) >= 11 is 0. The molecule has 14 nitrogen and oxygen atoms in total. The third-order valence-electron chi connectivity index (χ3n) is 9.57. The predicted octanol–water partition coefficient (Wildman–Crippen LogP) is 7.20. The predicted molar refractivity (Wildman–Crippen MR) is 194 cm³/mol. The third kappa shape index (κ3) is 7.64. The number of hydrogen-bond donors (Lipinski definition) is 3. The molecule has 54 heavy (non-hydrogen) atoms. The molecule has 2 fully saturated rings. The zero-order chi connectivity index (χ0) is 38.5. The summed E-state index contributed by atoms with van der Waals surface area (Å²) < 4.78 is 55.9. The van der Waals surface area contributed by atoms with Gasteiger partial charge >= 0.3 is 24.4 Å². The number of likely N-dealkylation sites (N-methyl/N-ethyl adjacent to an activating group) is 1. The molecule has 3 aliphatic rings. The molecule has 0 unspecified atom stereocenters. The highest BCUT2D eigenvalue weighted by molar-refractivity contribution is 6.15. The minimum Gasteiger partial charge on any atom is -0.491 e. The van der Waals surface area contributed by atoms with Gasteiger partial charge in [0.1, 0.15) is 23.3 Å². The molecule has 286 valence electrons. The van der Waals surface area contributed by atoms with Crippen molar-refractivity contribution in [1.29, 1.82) is 0 Å². The highest BCUT2D eigenvalue weighted by Crippen LogP contribution is 2.47. The minimum atomic E-state index is -4.62. The van der Waals surface area contributed by atoms with Gasteiger partial charge in [-0.15, -0.1) is 0 Å². The second-order valence-electron chi connectivity index (χ2n) is 14.8. The lowest BCUT2D eigenvalue weighted by Crippen LogP contribution is -2.44. The van der Waals surface area contributed by atoms with E-state index >= 15 is 0 Å². The van der Waals surface area contributed by atoms with Crippen molar-refractivity contribution in [2.24, 2.45) is 0 Å². The van der Waals surface area contributed by atoms with Gasteiger partial charge in [-0.25, -0.2) is 24.4 Å². The van der Waals surface area contributed by atoms with Crippen LogP contribution in [0.1, 0.15) is 56.3 Å². The van der Waals surface area contributed by atoms with Gasteiger partial charge < -0.3 is 34.7 Å². The zero-order valence-corrected chi connectivity index (χ0v) is 30.3. The second kappa shape index (κ2) is 14.1. The number of alkyl halides is 3. The number of nitrogens with one attached hydrogen (secondary N) is 2. The van der Waals surface area contributed by atoms with Crippen LogP contribution in [-0.4, -0.2) is 93.1 Å². The molecule has 4 heterocycles. The Labute approximate surface area is 308 Å². The number of amides is 4. The summed E-state index contributed by atoms with van der Waals surface area (Å²) in [7, 11) is 1.98. The Morgan fingerprint density at radius 2 is 1.76 bits per heavy atom. The Bertz CT molecular complexity index is 2120. The third-order valence-corrected chi connectivity index (χ3v) is 9.57. The highest BCUT2D eigenvalue weighted by atomic mass is 19.4. The monoisotopic (exact) mass is 750 g/mol. The van der Waals surface area contributed by atoms with E-state index < -0.39 is 35.6 Å². The van der Waals surface area contributed by atoms with Crippen molar-refractivity contribution in [2.75, 3.05) is 55.4 Å². The van der Waals surface area contributed by atoms with E-state index in [1.54, 1.807) is 32.9 Å². The van der Waals surface area contributed by atoms with Gasteiger partial charge in [0.15, 0.2) is 5.82 Å². The van der Waals surface area contributed by atoms with Crippen LogP contribution in [0.3, 0.4) is 0 Å². The van der Waals surface area contributed by atoms with Crippen LogP contribution in [-0.2, 0) is 23.9 Å². The number of piperazine rings is 1. The first-order valence-electron chi connectivity index (χ1n) is 17.7. The van der Waals surface area contributed by atoms with Gasteiger partial charge in [0.05, 0.1) is 23.2 Å². The number of imide groups is 1. The fourth-order valence-electron chi connectivity index (χ4n) is 6.87. The fourth-order valence-corrected chi connectivity index (χ4v) is 6.87. The Kier molecular flexibility index (Phi) is 9.64. The maximum atomic E-state index is 14.2. The smallest absolute Gasteiger partial charge is 0.425 e. The molecule has 2 aromatic heterocycles. The van der Waals surface area contributed by atoms with Crippen molar-refractivity contribution in [2.45, 2.75) is 64.4 Å². The van der Waals surface area contributed by atoms with E-state index in [1.807, 2.05) is 22.7 Å². The van der Waals surface area contributed by atoms with Gasteiger partial charge in [-0.2, -0.15) is 18.1 Å². The van der Waals surface area contributed by atoms with Gasteiger partial charge in [-0.1, -0.05) is 12.1 Å². The maximum absolute atomic E-state index is 14.2. The quantitative estimate of drug-likeness (QED) is 0.177. The van der Waals surface area contributed by atoms with Crippen molar-refractivity contribution in [1.82, 2.24) is 24.3 Å². The largest absolute Gasteiger partial charge is 0.491 e. The van der Waals surface area contributed by atoms with Gasteiger partial charge in [0.2, 0.25) is 0 Å². The van der Waals surface area contributed by atoms with Crippen LogP contribution < -0.4 is 20.3 Å². The molecule has 1 saturated heterocycles. The second-order valence-corrected chi connectivity index (χ2v) is 14.8. The van der Waals surface area contributed by atoms with Crippen molar-refractivity contribution >= 4 is 46.4 Å². The molecule has 0 bridgehead atoms. The van der Waals surface area contributed by atoms with E-state index in [1.165, 1.54) is 18.5 Å². The summed E-state index contributed by atoms with van der Waals surface area (Å²) in [5.41, 5.74) is 0.939. The van der Waals surface area contributed by atoms with E-state index in [0.717, 1.165) is 32.0 Å². The Hall–Kier alpha value is -5.42. The number of nitrogens with zero attached hydrogens (tertiary/aromatic N) is 6. The summed E-state index contributed by atoms with van der Waals surface area (Å²) in [5.74, 6) is 0.187. The summed E-state index contributed by atoms with van der Waals surface area (Å²) in [6.07, 6.45) is -2.05. The fraction of sp³-hybridized carbons (Fsp3) is 0.432. The van der Waals surface area contributed by atoms with Crippen molar-refractivity contribution in [3.63, 3.8) is 0 Å². The van der Waals surface area contributed by atoms with Gasteiger partial charge in [0, 0.05) is 68.2 Å². The van der Waals surface area contributed by atoms with E-state index in [9.17, 15) is 32.7 Å². The summed E-state index contributed by atoms with van der Waals surface area (Å²) in [6.45, 7) is 8.15. The van der Waals surface area contributed by atoms with Crippen LogP contribution in [0, 0.1) is 0 Å². The Morgan fingerprint density at radius 1 is 1.02 bits per heavy atom. The maximum Gasteiger partial charge on any atom is 0.425 e. The standard InChI is InChI=1S/C37H41F3N8O6/c1-36(2,3)54-35(52)48(34(50)51)32-29-26(19-47(23-7-8-23)31(29)41-20-42-32)24-9-10-28(30-25(24)11-16-53-30)44-33(49)43-22-6-5-21(27(17-22)37(38,39)40)18-46-14-12-45(4)13-15-46/h5-6,9-10,17,19-20,23H,7-8,11-16,18H2,1-4H3,(H,50,51)(H2,43,44,49). The minimum absolute atomic E-state index is 0.0236. The number of benzene rings is 2. The van der Waals surface area contributed by atoms with Crippen LogP contribution in [0.4, 0.5) is 44.7 Å². The zero-order valence-electron chi connectivity index (χ0n) is 30.3. The summed E-state index contributed by atoms with van der Waals surface area (Å²) in [4.78, 5) is 52.3. The van der Waals surface area contributed by atoms with Crippen LogP contribution in [0.15, 0.2) is 42.9 Å². The summed E-state index contributed by atoms with van der Waals surface area (Å²) in [5, 5.41) is 15.8. The molecule has 2 aliphatic heterocycles. The van der Waals surface area contributed by atoms with Crippen LogP contribution >= 0.6 is 0 Å². The molecular weight excluding hydrogens is 709 g/mol. The van der Waals surface area contributed by atoms with E-state index in [4.69, 9.17) is 9.47 Å². The highest BCUT2D eigenvalue weighted by Gasteiger charge is 2.37. The molecule has 1 saturated carbocycles. The molecule has 7 rings (SSSR count). The lowest BCUT2D eigenvalue weighted by molar-refractivity contribution is -0.138. The van der Waals surface area contributed by atoms with E-state index in [2.05, 4.69) is 25.5 Å². The van der Waals surface area contributed by atoms with Crippen LogP contribution in [0.2, 0.25) is 0 Å². The first-order chi connectivity index (χ1) is 25.6. The molecular formula is C37H41F3N8O6. The Balaban J connectivity index is 1.19. The number of rotatable bonds is 7. The number of ether oxygens (including phenoxy) is 2. The first kappa shape index (κ1) is 36.9. The van der Waals surface area contributed by atoms with Crippen molar-refractivity contribution in [3.8, 4) is 16.9 Å². The number of carbonyl (C=O) groups excluding carboxylic acids is 2. The number of fused-ring (bicyclic) bond motifs is 2. The molecule has 3 N–H and O–H groups in total. The number of carboxylic acid groups (broad SMARTS) is 1. The molecule has 1 aliphatic carbocycles. The first-order valence-corrected chi connectivity index (χ1v) is 17.7. The molecule has 0 atom stereocenters. The SMILES string of the molecule is CN1CCN(Cc2ccc(NC(=O)Nc3ccc(-c4cn(C5CC5)c5ncnc(N(C(=O)O)C(=O)OC(C)(C)C)c45)c4c3OCC4)cc2C(F)(F)F)CC1. The van der Waals surface area contributed by atoms with E-state index in [-0.39, 0.29) is 41.9 Å². The van der Waals surface area contributed by atoms with Gasteiger partial charge in [-0.05, 0) is 70.0 Å². The molecule has 2 aromatic carbocycles. The van der Waals surface area contributed by atoms with Crippen molar-refractivity contribution < 1.29 is 42.1 Å². The molecule has 0 radical (unpaired) electrons. The van der Waals surface area contributed by atoms with E-state index in [0.29, 0.717) is 57.9 Å². The number of halogens is 3. The summed E-state index contributed by atoms with van der Waals surface area (Å²) in [6, 6.07) is 6.49. The molecule has 4 amide bonds. The molecule has 17 heteroatoms. The number of anilines is 3. The number of aromatic nitrogens is 3. The average molecular weight is 751 g/mol. The normalized spacial score (nSPS) is 16.5. The van der Waals surface area contributed by atoms with Gasteiger partial charge in [0.25, 0.3) is 0 Å². The number of urea groups is 1. The topological polar surface area (TPSA) is 154 Å².